The van der Waals surface area contributed by atoms with Gasteiger partial charge in [-0.1, -0.05) is 0 Å². The number of hydrogen-bond acceptors (Lipinski definition) is 6. The van der Waals surface area contributed by atoms with Gasteiger partial charge >= 0.3 is 0 Å². The summed E-state index contributed by atoms with van der Waals surface area (Å²) in [4.78, 5) is 19.6. The van der Waals surface area contributed by atoms with Crippen LogP contribution in [-0.4, -0.2) is 45.6 Å². The first-order valence-electron chi connectivity index (χ1n) is 5.69. The molecular formula is C11H13N5O3S. The first-order valence-corrected chi connectivity index (χ1v) is 7.64. The second-order valence-electron chi connectivity index (χ2n) is 4.21. The highest BCUT2D eigenvalue weighted by Crippen LogP contribution is 2.10. The third-order valence-electron chi connectivity index (χ3n) is 2.68. The van der Waals surface area contributed by atoms with Crippen LogP contribution in [0.3, 0.4) is 0 Å². The van der Waals surface area contributed by atoms with Gasteiger partial charge < -0.3 is 5.32 Å². The van der Waals surface area contributed by atoms with Crippen molar-refractivity contribution in [1.29, 1.82) is 0 Å². The van der Waals surface area contributed by atoms with Gasteiger partial charge in [-0.2, -0.15) is 5.10 Å². The zero-order chi connectivity index (χ0) is 14.8. The fourth-order valence-corrected chi connectivity index (χ4v) is 1.81. The van der Waals surface area contributed by atoms with Crippen LogP contribution in [0.2, 0.25) is 0 Å². The molecule has 0 aliphatic carbocycles. The van der Waals surface area contributed by atoms with Gasteiger partial charge in [-0.05, 0) is 19.1 Å². The minimum Gasteiger partial charge on any atom is -0.324 e. The SMILES string of the molecule is CC(C(=O)Nc1ccc(-n2cncn2)nc1)S(C)(=O)=O. The van der Waals surface area contributed by atoms with Crippen LogP contribution in [0.4, 0.5) is 5.69 Å². The van der Waals surface area contributed by atoms with Crippen LogP contribution in [0, 0.1) is 0 Å². The standard InChI is InChI=1S/C11H13N5O3S/c1-8(20(2,18)19)11(17)15-9-3-4-10(13-5-9)16-7-12-6-14-16/h3-8H,1-2H3,(H,15,17). The van der Waals surface area contributed by atoms with Gasteiger partial charge in [0.15, 0.2) is 15.7 Å². The molecule has 8 nitrogen and oxygen atoms in total. The predicted molar refractivity (Wildman–Crippen MR) is 72.1 cm³/mol. The number of sulfone groups is 1. The van der Waals surface area contributed by atoms with E-state index in [1.165, 1.54) is 30.5 Å². The molecule has 0 bridgehead atoms. The Kier molecular flexibility index (Phi) is 3.79. The van der Waals surface area contributed by atoms with Gasteiger partial charge in [-0.15, -0.1) is 0 Å². The van der Waals surface area contributed by atoms with Crippen molar-refractivity contribution in [3.63, 3.8) is 0 Å². The summed E-state index contributed by atoms with van der Waals surface area (Å²) in [6.45, 7) is 1.34. The van der Waals surface area contributed by atoms with Gasteiger partial charge in [0.1, 0.15) is 17.9 Å². The number of pyridine rings is 1. The Balaban J connectivity index is 2.10. The molecule has 9 heteroatoms. The van der Waals surface area contributed by atoms with Crippen molar-refractivity contribution in [2.75, 3.05) is 11.6 Å². The van der Waals surface area contributed by atoms with Crippen molar-refractivity contribution in [2.45, 2.75) is 12.2 Å². The summed E-state index contributed by atoms with van der Waals surface area (Å²) >= 11 is 0. The molecule has 1 unspecified atom stereocenters. The number of carbonyl (C=O) groups excluding carboxylic acids is 1. The molecule has 2 aromatic heterocycles. The van der Waals surface area contributed by atoms with E-state index in [4.69, 9.17) is 0 Å². The van der Waals surface area contributed by atoms with Crippen LogP contribution in [0.15, 0.2) is 31.0 Å². The molecule has 1 N–H and O–H groups in total. The van der Waals surface area contributed by atoms with E-state index < -0.39 is 21.0 Å². The van der Waals surface area contributed by atoms with Crippen molar-refractivity contribution in [1.82, 2.24) is 19.7 Å². The Bertz CT molecular complexity index is 694. The lowest BCUT2D eigenvalue weighted by Crippen LogP contribution is -2.31. The molecule has 0 aliphatic heterocycles. The zero-order valence-electron chi connectivity index (χ0n) is 10.9. The van der Waals surface area contributed by atoms with Crippen molar-refractivity contribution >= 4 is 21.4 Å². The van der Waals surface area contributed by atoms with Crippen LogP contribution < -0.4 is 5.32 Å². The van der Waals surface area contributed by atoms with Gasteiger partial charge in [0.25, 0.3) is 0 Å². The summed E-state index contributed by atoms with van der Waals surface area (Å²) in [7, 11) is -3.42. The maximum atomic E-state index is 11.7. The van der Waals surface area contributed by atoms with E-state index in [9.17, 15) is 13.2 Å². The lowest BCUT2D eigenvalue weighted by molar-refractivity contribution is -0.115. The minimum atomic E-state index is -3.42. The van der Waals surface area contributed by atoms with Crippen LogP contribution in [-0.2, 0) is 14.6 Å². The van der Waals surface area contributed by atoms with Crippen molar-refractivity contribution in [3.05, 3.63) is 31.0 Å². The van der Waals surface area contributed by atoms with Crippen molar-refractivity contribution in [2.24, 2.45) is 0 Å². The van der Waals surface area contributed by atoms with Crippen LogP contribution in [0.25, 0.3) is 5.82 Å². The Morgan fingerprint density at radius 1 is 1.40 bits per heavy atom. The highest BCUT2D eigenvalue weighted by Gasteiger charge is 2.23. The lowest BCUT2D eigenvalue weighted by Gasteiger charge is -2.10. The Labute approximate surface area is 115 Å². The molecule has 20 heavy (non-hydrogen) atoms. The van der Waals surface area contributed by atoms with Crippen LogP contribution in [0.1, 0.15) is 6.92 Å². The van der Waals surface area contributed by atoms with Crippen LogP contribution in [0.5, 0.6) is 0 Å². The number of nitrogens with zero attached hydrogens (tertiary/aromatic N) is 4. The summed E-state index contributed by atoms with van der Waals surface area (Å²) in [6, 6.07) is 3.24. The quantitative estimate of drug-likeness (QED) is 0.853. The van der Waals surface area contributed by atoms with Gasteiger partial charge in [0.2, 0.25) is 5.91 Å². The summed E-state index contributed by atoms with van der Waals surface area (Å²) in [5.41, 5.74) is 0.411. The Morgan fingerprint density at radius 3 is 2.65 bits per heavy atom. The normalized spacial score (nSPS) is 12.9. The third kappa shape index (κ3) is 3.18. The molecule has 0 aliphatic rings. The topological polar surface area (TPSA) is 107 Å². The number of carbonyl (C=O) groups is 1. The lowest BCUT2D eigenvalue weighted by atomic mass is 10.3. The maximum Gasteiger partial charge on any atom is 0.242 e. The van der Waals surface area contributed by atoms with E-state index in [1.54, 1.807) is 12.1 Å². The first kappa shape index (κ1) is 14.1. The average Bonchev–Trinajstić information content (AvgIpc) is 2.91. The van der Waals surface area contributed by atoms with Gasteiger partial charge in [0, 0.05) is 6.26 Å². The summed E-state index contributed by atoms with van der Waals surface area (Å²) < 4.78 is 24.0. The summed E-state index contributed by atoms with van der Waals surface area (Å²) in [5.74, 6) is -0.0560. The van der Waals surface area contributed by atoms with E-state index in [0.29, 0.717) is 11.5 Å². The minimum absolute atomic E-state index is 0.411. The fourth-order valence-electron chi connectivity index (χ4n) is 1.36. The van der Waals surface area contributed by atoms with Crippen molar-refractivity contribution in [3.8, 4) is 5.82 Å². The molecule has 2 aromatic rings. The molecule has 1 amide bonds. The van der Waals surface area contributed by atoms with E-state index in [-0.39, 0.29) is 0 Å². The number of anilines is 1. The van der Waals surface area contributed by atoms with Crippen molar-refractivity contribution < 1.29 is 13.2 Å². The van der Waals surface area contributed by atoms with E-state index in [1.807, 2.05) is 0 Å². The highest BCUT2D eigenvalue weighted by atomic mass is 32.2. The van der Waals surface area contributed by atoms with E-state index in [0.717, 1.165) is 6.26 Å². The molecule has 2 rings (SSSR count). The summed E-state index contributed by atoms with van der Waals surface area (Å²) in [6.07, 6.45) is 5.31. The monoisotopic (exact) mass is 295 g/mol. The van der Waals surface area contributed by atoms with E-state index in [2.05, 4.69) is 20.4 Å². The van der Waals surface area contributed by atoms with Gasteiger partial charge in [-0.3, -0.25) is 4.79 Å². The number of amides is 1. The number of rotatable bonds is 4. The summed E-state index contributed by atoms with van der Waals surface area (Å²) in [5, 5.41) is 5.30. The van der Waals surface area contributed by atoms with Gasteiger partial charge in [0.05, 0.1) is 11.9 Å². The highest BCUT2D eigenvalue weighted by molar-refractivity contribution is 7.92. The van der Waals surface area contributed by atoms with E-state index >= 15 is 0 Å². The molecular weight excluding hydrogens is 282 g/mol. The molecule has 0 radical (unpaired) electrons. The fraction of sp³-hybridized carbons (Fsp3) is 0.273. The van der Waals surface area contributed by atoms with Crippen LogP contribution >= 0.6 is 0 Å². The third-order valence-corrected chi connectivity index (χ3v) is 4.18. The number of nitrogens with one attached hydrogen (secondary N) is 1. The average molecular weight is 295 g/mol. The molecule has 0 spiro atoms. The molecule has 0 fully saturated rings. The number of hydrogen-bond donors (Lipinski definition) is 1. The Morgan fingerprint density at radius 2 is 2.15 bits per heavy atom. The molecule has 0 saturated carbocycles. The predicted octanol–water partition coefficient (Wildman–Crippen LogP) is 0.0339. The zero-order valence-corrected chi connectivity index (χ0v) is 11.7. The smallest absolute Gasteiger partial charge is 0.242 e. The largest absolute Gasteiger partial charge is 0.324 e. The molecule has 1 atom stereocenters. The second-order valence-corrected chi connectivity index (χ2v) is 6.57. The molecule has 2 heterocycles. The number of aromatic nitrogens is 4. The molecule has 0 saturated heterocycles. The molecule has 0 aromatic carbocycles. The maximum absolute atomic E-state index is 11.7. The first-order chi connectivity index (χ1) is 9.38. The van der Waals surface area contributed by atoms with Gasteiger partial charge in [-0.25, -0.2) is 23.1 Å². The Hall–Kier alpha value is -2.29. The molecule has 106 valence electrons. The second kappa shape index (κ2) is 5.37.